The molecule has 8 nitrogen and oxygen atoms in total. The molecule has 8 heteroatoms. The van der Waals surface area contributed by atoms with Gasteiger partial charge in [0.1, 0.15) is 6.10 Å². The molecule has 1 aromatic carbocycles. The van der Waals surface area contributed by atoms with Crippen molar-refractivity contribution in [1.29, 1.82) is 0 Å². The van der Waals surface area contributed by atoms with Crippen LogP contribution in [0.3, 0.4) is 0 Å². The van der Waals surface area contributed by atoms with E-state index in [4.69, 9.17) is 14.2 Å². The largest absolute Gasteiger partial charge is 0.481 e. The van der Waals surface area contributed by atoms with Gasteiger partial charge in [-0.15, -0.1) is 0 Å². The highest BCUT2D eigenvalue weighted by molar-refractivity contribution is 5.72. The number of aromatic nitrogens is 1. The minimum absolute atomic E-state index is 0.0478. The number of benzene rings is 1. The molecule has 3 aliphatic heterocycles. The van der Waals surface area contributed by atoms with Crippen molar-refractivity contribution < 1.29 is 23.8 Å². The molecule has 0 bridgehead atoms. The average Bonchev–Trinajstić information content (AvgIpc) is 3.53. The van der Waals surface area contributed by atoms with Gasteiger partial charge >= 0.3 is 12.1 Å². The number of pyridine rings is 1. The highest BCUT2D eigenvalue weighted by Gasteiger charge is 2.62. The van der Waals surface area contributed by atoms with Crippen LogP contribution in [0.4, 0.5) is 4.79 Å². The third-order valence-corrected chi connectivity index (χ3v) is 9.09. The molecule has 38 heavy (non-hydrogen) atoms. The molecule has 1 amide bonds. The number of fused-ring (bicyclic) bond motifs is 1. The highest BCUT2D eigenvalue weighted by Crippen LogP contribution is 2.60. The zero-order valence-corrected chi connectivity index (χ0v) is 22.4. The predicted octanol–water partition coefficient (Wildman–Crippen LogP) is 4.57. The molecule has 0 saturated carbocycles. The molecule has 1 spiro atoms. The number of amides is 1. The predicted molar refractivity (Wildman–Crippen MR) is 141 cm³/mol. The van der Waals surface area contributed by atoms with E-state index in [9.17, 15) is 9.59 Å². The van der Waals surface area contributed by atoms with Gasteiger partial charge in [-0.05, 0) is 76.0 Å². The van der Waals surface area contributed by atoms with Gasteiger partial charge in [-0.25, -0.2) is 4.79 Å². The van der Waals surface area contributed by atoms with Gasteiger partial charge in [-0.1, -0.05) is 18.2 Å². The van der Waals surface area contributed by atoms with Crippen LogP contribution in [0.25, 0.3) is 0 Å². The molecule has 0 N–H and O–H groups in total. The first-order valence-electron chi connectivity index (χ1n) is 13.6. The van der Waals surface area contributed by atoms with Crippen LogP contribution < -0.4 is 9.47 Å². The minimum Gasteiger partial charge on any atom is -0.481 e. The fourth-order valence-corrected chi connectivity index (χ4v) is 7.24. The molecule has 0 radical (unpaired) electrons. The Morgan fingerprint density at radius 1 is 1.18 bits per heavy atom. The summed E-state index contributed by atoms with van der Waals surface area (Å²) in [7, 11) is 2.15. The summed E-state index contributed by atoms with van der Waals surface area (Å²) in [5, 5.41) is 0. The van der Waals surface area contributed by atoms with Crippen molar-refractivity contribution in [1.82, 2.24) is 14.8 Å². The third-order valence-electron chi connectivity index (χ3n) is 9.09. The molecule has 200 valence electrons. The first-order chi connectivity index (χ1) is 18.3. The van der Waals surface area contributed by atoms with Crippen LogP contribution >= 0.6 is 0 Å². The summed E-state index contributed by atoms with van der Waals surface area (Å²) in [6.07, 6.45) is 9.12. The lowest BCUT2D eigenvalue weighted by Gasteiger charge is -2.53. The molecule has 6 rings (SSSR count). The van der Waals surface area contributed by atoms with Crippen molar-refractivity contribution in [3.05, 3.63) is 65.5 Å². The summed E-state index contributed by atoms with van der Waals surface area (Å²) in [6.45, 7) is 7.25. The summed E-state index contributed by atoms with van der Waals surface area (Å²) in [4.78, 5) is 34.0. The maximum absolute atomic E-state index is 13.6. The van der Waals surface area contributed by atoms with E-state index < -0.39 is 23.6 Å². The number of carbonyl (C=O) groups excluding carboxylic acids is 2. The van der Waals surface area contributed by atoms with Crippen molar-refractivity contribution in [3.63, 3.8) is 0 Å². The number of esters is 1. The number of hydrogen-bond donors (Lipinski definition) is 0. The molecule has 2 fully saturated rings. The van der Waals surface area contributed by atoms with Crippen molar-refractivity contribution >= 4 is 12.1 Å². The quantitative estimate of drug-likeness (QED) is 0.335. The molecule has 4 aliphatic rings. The average molecular weight is 518 g/mol. The molecule has 1 aromatic heterocycles. The Labute approximate surface area is 223 Å². The van der Waals surface area contributed by atoms with Gasteiger partial charge in [0.05, 0.1) is 6.04 Å². The van der Waals surface area contributed by atoms with Crippen LogP contribution in [-0.2, 0) is 14.9 Å². The number of hydrogen-bond acceptors (Lipinski definition) is 7. The Hall–Kier alpha value is -3.39. The van der Waals surface area contributed by atoms with E-state index in [1.165, 1.54) is 6.92 Å². The maximum Gasteiger partial charge on any atom is 0.411 e. The fourth-order valence-electron chi connectivity index (χ4n) is 7.24. The second-order valence-electron chi connectivity index (χ2n) is 11.1. The number of rotatable bonds is 3. The molecule has 4 heterocycles. The lowest BCUT2D eigenvalue weighted by molar-refractivity contribution is -0.132. The highest BCUT2D eigenvalue weighted by atomic mass is 16.6. The van der Waals surface area contributed by atoms with Gasteiger partial charge in [-0.2, -0.15) is 0 Å². The van der Waals surface area contributed by atoms with E-state index in [2.05, 4.69) is 36.9 Å². The number of likely N-dealkylation sites (tertiary alicyclic amines) is 2. The van der Waals surface area contributed by atoms with E-state index >= 15 is 0 Å². The van der Waals surface area contributed by atoms with Crippen LogP contribution in [0.15, 0.2) is 48.8 Å². The number of ether oxygens (including phenoxy) is 3. The second-order valence-corrected chi connectivity index (χ2v) is 11.1. The van der Waals surface area contributed by atoms with Gasteiger partial charge < -0.3 is 24.0 Å². The molecule has 2 aromatic rings. The monoisotopic (exact) mass is 517 g/mol. The second kappa shape index (κ2) is 9.42. The number of nitrogens with zero attached hydrogens (tertiary/aromatic N) is 3. The summed E-state index contributed by atoms with van der Waals surface area (Å²) >= 11 is 0. The first kappa shape index (κ1) is 24.9. The lowest BCUT2D eigenvalue weighted by atomic mass is 9.57. The van der Waals surface area contributed by atoms with E-state index in [-0.39, 0.29) is 24.1 Å². The smallest absolute Gasteiger partial charge is 0.411 e. The normalized spacial score (nSPS) is 31.7. The van der Waals surface area contributed by atoms with E-state index in [1.54, 1.807) is 12.3 Å². The van der Waals surface area contributed by atoms with Crippen LogP contribution in [0.1, 0.15) is 55.8 Å². The molecular weight excluding hydrogens is 482 g/mol. The summed E-state index contributed by atoms with van der Waals surface area (Å²) in [6, 6.07) is 7.93. The minimum atomic E-state index is -0.568. The van der Waals surface area contributed by atoms with Gasteiger partial charge in [0.25, 0.3) is 0 Å². The molecule has 6 atom stereocenters. The molecule has 0 unspecified atom stereocenters. The molecule has 2 saturated heterocycles. The fraction of sp³-hybridized carbons (Fsp3) is 0.500. The Bertz CT molecular complexity index is 1280. The standard InChI is InChI=1S/C30H35N3O5/c1-18-9-11-24(36-20(3)34)27-26(18)30-13-16-32(4)19(2)22(30)10-12-25(28(30)38-27)37-29(35)33-15-6-8-23(33)21-7-5-14-31-17-21/h5,7,9-12,14,17,19,22-23,25,28H,6,8,13,15-16H2,1-4H3/t19-,22+,23+,25+,28+,30+/m1/s1. The maximum atomic E-state index is 13.6. The zero-order valence-electron chi connectivity index (χ0n) is 22.4. The Kier molecular flexibility index (Phi) is 6.17. The SMILES string of the molecule is CC(=O)Oc1ccc(C)c2c1O[C@H]1[C@@H](OC(=O)N3CCC[C@H]3c3cccnc3)C=C[C@H]3[C@@H](C)N(C)CC[C@@]231. The van der Waals surface area contributed by atoms with Crippen molar-refractivity contribution in [2.45, 2.75) is 69.7 Å². The van der Waals surface area contributed by atoms with E-state index in [0.717, 1.165) is 42.5 Å². The Balaban J connectivity index is 1.36. The van der Waals surface area contributed by atoms with Gasteiger partial charge in [0.15, 0.2) is 17.6 Å². The van der Waals surface area contributed by atoms with Crippen LogP contribution in [-0.4, -0.2) is 65.2 Å². The third kappa shape index (κ3) is 3.80. The summed E-state index contributed by atoms with van der Waals surface area (Å²) in [5.74, 6) is 0.792. The van der Waals surface area contributed by atoms with Gasteiger partial charge in [0.2, 0.25) is 0 Å². The van der Waals surface area contributed by atoms with Crippen molar-refractivity contribution in [2.24, 2.45) is 5.92 Å². The first-order valence-corrected chi connectivity index (χ1v) is 13.6. The number of aryl methyl sites for hydroxylation is 1. The lowest BCUT2D eigenvalue weighted by Crippen LogP contribution is -2.62. The topological polar surface area (TPSA) is 81.2 Å². The molecule has 1 aliphatic carbocycles. The summed E-state index contributed by atoms with van der Waals surface area (Å²) < 4.78 is 18.6. The number of piperidine rings is 1. The van der Waals surface area contributed by atoms with Gasteiger partial charge in [0, 0.05) is 48.8 Å². The zero-order chi connectivity index (χ0) is 26.6. The van der Waals surface area contributed by atoms with Crippen LogP contribution in [0.5, 0.6) is 11.5 Å². The van der Waals surface area contributed by atoms with E-state index in [1.807, 2.05) is 35.4 Å². The van der Waals surface area contributed by atoms with Crippen molar-refractivity contribution in [2.75, 3.05) is 20.1 Å². The van der Waals surface area contributed by atoms with E-state index in [0.29, 0.717) is 18.0 Å². The summed E-state index contributed by atoms with van der Waals surface area (Å²) in [5.41, 5.74) is 2.80. The Morgan fingerprint density at radius 3 is 2.79 bits per heavy atom. The molecular formula is C30H35N3O5. The van der Waals surface area contributed by atoms with Gasteiger partial charge in [-0.3, -0.25) is 9.78 Å². The Morgan fingerprint density at radius 2 is 2.03 bits per heavy atom. The van der Waals surface area contributed by atoms with Crippen LogP contribution in [0, 0.1) is 12.8 Å². The number of carbonyl (C=O) groups is 2. The van der Waals surface area contributed by atoms with Crippen molar-refractivity contribution in [3.8, 4) is 11.5 Å². The van der Waals surface area contributed by atoms with Crippen LogP contribution in [0.2, 0.25) is 0 Å².